The number of carbonyl (C=O) groups excluding carboxylic acids is 1. The Bertz CT molecular complexity index is 469. The van der Waals surface area contributed by atoms with Gasteiger partial charge in [-0.1, -0.05) is 6.08 Å². The van der Waals surface area contributed by atoms with Crippen LogP contribution in [0, 0.1) is 10.1 Å². The monoisotopic (exact) mass is 236 g/mol. The van der Waals surface area contributed by atoms with Gasteiger partial charge in [0, 0.05) is 6.07 Å². The second-order valence-electron chi connectivity index (χ2n) is 3.13. The Morgan fingerprint density at radius 2 is 2.24 bits per heavy atom. The van der Waals surface area contributed by atoms with Crippen LogP contribution in [-0.4, -0.2) is 17.9 Å². The number of nitrogens with one attached hydrogen (secondary N) is 1. The maximum absolute atomic E-state index is 11.3. The molecule has 1 rings (SSSR count). The molecule has 0 aliphatic heterocycles. The summed E-state index contributed by atoms with van der Waals surface area (Å²) in [7, 11) is 1.38. The minimum Gasteiger partial charge on any atom is -0.494 e. The molecule has 0 bridgehead atoms. The molecule has 0 heterocycles. The molecule has 0 aromatic heterocycles. The number of carbonyl (C=O) groups is 1. The lowest BCUT2D eigenvalue weighted by molar-refractivity contribution is -0.384. The van der Waals surface area contributed by atoms with Crippen LogP contribution in [0.2, 0.25) is 0 Å². The van der Waals surface area contributed by atoms with Gasteiger partial charge in [-0.3, -0.25) is 14.9 Å². The van der Waals surface area contributed by atoms with Crippen molar-refractivity contribution in [3.8, 4) is 5.75 Å². The van der Waals surface area contributed by atoms with Gasteiger partial charge in [-0.15, -0.1) is 0 Å². The Morgan fingerprint density at radius 1 is 1.53 bits per heavy atom. The van der Waals surface area contributed by atoms with Crippen molar-refractivity contribution >= 4 is 17.3 Å². The van der Waals surface area contributed by atoms with E-state index in [0.29, 0.717) is 5.69 Å². The maximum atomic E-state index is 11.3. The fraction of sp³-hybridized carbons (Fsp3) is 0.182. The summed E-state index contributed by atoms with van der Waals surface area (Å²) in [4.78, 5) is 21.3. The van der Waals surface area contributed by atoms with E-state index in [2.05, 4.69) is 5.32 Å². The summed E-state index contributed by atoms with van der Waals surface area (Å²) in [5.74, 6) is -0.0725. The van der Waals surface area contributed by atoms with Crippen molar-refractivity contribution in [1.29, 1.82) is 0 Å². The van der Waals surface area contributed by atoms with Crippen molar-refractivity contribution in [3.05, 3.63) is 40.5 Å². The van der Waals surface area contributed by atoms with E-state index in [4.69, 9.17) is 4.74 Å². The molecule has 1 aromatic rings. The second kappa shape index (κ2) is 5.64. The third kappa shape index (κ3) is 3.30. The van der Waals surface area contributed by atoms with Gasteiger partial charge in [-0.05, 0) is 19.1 Å². The zero-order valence-corrected chi connectivity index (χ0v) is 9.47. The first-order valence-electron chi connectivity index (χ1n) is 4.84. The highest BCUT2D eigenvalue weighted by molar-refractivity contribution is 6.00. The van der Waals surface area contributed by atoms with Gasteiger partial charge in [0.15, 0.2) is 0 Å². The number of hydrogen-bond donors (Lipinski definition) is 1. The number of hydrogen-bond acceptors (Lipinski definition) is 4. The number of amides is 1. The molecule has 0 radical (unpaired) electrons. The van der Waals surface area contributed by atoms with E-state index in [9.17, 15) is 14.9 Å². The molecular weight excluding hydrogens is 224 g/mol. The maximum Gasteiger partial charge on any atom is 0.273 e. The summed E-state index contributed by atoms with van der Waals surface area (Å²) < 4.78 is 4.97. The van der Waals surface area contributed by atoms with Crippen molar-refractivity contribution in [2.75, 3.05) is 12.4 Å². The standard InChI is InChI=1S/C11H12N2O4/c1-3-4-11(14)12-9-6-5-8(13(15)16)7-10(9)17-2/h3-7H,1-2H3,(H,12,14). The van der Waals surface area contributed by atoms with Crippen LogP contribution in [0.4, 0.5) is 11.4 Å². The van der Waals surface area contributed by atoms with E-state index in [-0.39, 0.29) is 17.3 Å². The average Bonchev–Trinajstić information content (AvgIpc) is 2.29. The van der Waals surface area contributed by atoms with E-state index in [1.165, 1.54) is 31.4 Å². The highest BCUT2D eigenvalue weighted by Crippen LogP contribution is 2.28. The van der Waals surface area contributed by atoms with Crippen molar-refractivity contribution in [2.24, 2.45) is 0 Å². The number of allylic oxidation sites excluding steroid dienone is 1. The quantitative estimate of drug-likeness (QED) is 0.493. The Balaban J connectivity index is 3.00. The van der Waals surface area contributed by atoms with Crippen LogP contribution >= 0.6 is 0 Å². The Morgan fingerprint density at radius 3 is 2.76 bits per heavy atom. The van der Waals surface area contributed by atoms with Gasteiger partial charge < -0.3 is 10.1 Å². The minimum atomic E-state index is -0.528. The molecular formula is C11H12N2O4. The fourth-order valence-electron chi connectivity index (χ4n) is 1.22. The summed E-state index contributed by atoms with van der Waals surface area (Å²) >= 11 is 0. The highest BCUT2D eigenvalue weighted by atomic mass is 16.6. The van der Waals surface area contributed by atoms with E-state index >= 15 is 0 Å². The summed E-state index contributed by atoms with van der Waals surface area (Å²) in [6.45, 7) is 1.71. The molecule has 0 unspecified atom stereocenters. The number of methoxy groups -OCH3 is 1. The molecule has 6 nitrogen and oxygen atoms in total. The van der Waals surface area contributed by atoms with Crippen molar-refractivity contribution < 1.29 is 14.5 Å². The lowest BCUT2D eigenvalue weighted by Gasteiger charge is -2.08. The molecule has 1 N–H and O–H groups in total. The van der Waals surface area contributed by atoms with E-state index in [0.717, 1.165) is 0 Å². The summed E-state index contributed by atoms with van der Waals surface area (Å²) in [6.07, 6.45) is 2.94. The zero-order chi connectivity index (χ0) is 12.8. The molecule has 90 valence electrons. The van der Waals surface area contributed by atoms with Crippen LogP contribution in [0.1, 0.15) is 6.92 Å². The van der Waals surface area contributed by atoms with Crippen molar-refractivity contribution in [1.82, 2.24) is 0 Å². The first kappa shape index (κ1) is 12.7. The topological polar surface area (TPSA) is 81.5 Å². The lowest BCUT2D eigenvalue weighted by Crippen LogP contribution is -2.09. The third-order valence-electron chi connectivity index (χ3n) is 1.97. The molecule has 0 aliphatic rings. The Kier molecular flexibility index (Phi) is 4.21. The molecule has 0 saturated heterocycles. The Hall–Kier alpha value is -2.37. The second-order valence-corrected chi connectivity index (χ2v) is 3.13. The molecule has 1 amide bonds. The number of nitro benzene ring substituents is 1. The van der Waals surface area contributed by atoms with Crippen LogP contribution < -0.4 is 10.1 Å². The zero-order valence-electron chi connectivity index (χ0n) is 9.47. The summed E-state index contributed by atoms with van der Waals surface area (Å²) in [5.41, 5.74) is 0.298. The number of anilines is 1. The number of benzene rings is 1. The molecule has 0 fully saturated rings. The SMILES string of the molecule is CC=CC(=O)Nc1ccc([N+](=O)[O-])cc1OC. The first-order valence-corrected chi connectivity index (χ1v) is 4.84. The van der Waals surface area contributed by atoms with Gasteiger partial charge in [0.25, 0.3) is 5.69 Å². The van der Waals surface area contributed by atoms with Crippen LogP contribution in [-0.2, 0) is 4.79 Å². The van der Waals surface area contributed by atoms with Gasteiger partial charge in [-0.2, -0.15) is 0 Å². The molecule has 0 spiro atoms. The van der Waals surface area contributed by atoms with Crippen molar-refractivity contribution in [3.63, 3.8) is 0 Å². The van der Waals surface area contributed by atoms with Gasteiger partial charge >= 0.3 is 0 Å². The number of ether oxygens (including phenoxy) is 1. The van der Waals surface area contributed by atoms with Crippen LogP contribution in [0.3, 0.4) is 0 Å². The smallest absolute Gasteiger partial charge is 0.273 e. The molecule has 0 aliphatic carbocycles. The molecule has 0 saturated carbocycles. The molecule has 17 heavy (non-hydrogen) atoms. The summed E-state index contributed by atoms with van der Waals surface area (Å²) in [5, 5.41) is 13.1. The fourth-order valence-corrected chi connectivity index (χ4v) is 1.22. The Labute approximate surface area is 98.0 Å². The van der Waals surface area contributed by atoms with Gasteiger partial charge in [0.2, 0.25) is 5.91 Å². The molecule has 6 heteroatoms. The molecule has 0 atom stereocenters. The van der Waals surface area contributed by atoms with Crippen LogP contribution in [0.5, 0.6) is 5.75 Å². The van der Waals surface area contributed by atoms with Gasteiger partial charge in [0.05, 0.1) is 23.8 Å². The van der Waals surface area contributed by atoms with E-state index < -0.39 is 4.92 Å². The first-order chi connectivity index (χ1) is 8.08. The minimum absolute atomic E-state index is 0.0918. The van der Waals surface area contributed by atoms with E-state index in [1.807, 2.05) is 0 Å². The number of rotatable bonds is 4. The van der Waals surface area contributed by atoms with Gasteiger partial charge in [-0.25, -0.2) is 0 Å². The lowest BCUT2D eigenvalue weighted by atomic mass is 10.2. The normalized spacial score (nSPS) is 10.2. The third-order valence-corrected chi connectivity index (χ3v) is 1.97. The highest BCUT2D eigenvalue weighted by Gasteiger charge is 2.12. The van der Waals surface area contributed by atoms with Crippen molar-refractivity contribution in [2.45, 2.75) is 6.92 Å². The number of non-ortho nitro benzene ring substituents is 1. The van der Waals surface area contributed by atoms with E-state index in [1.54, 1.807) is 13.0 Å². The van der Waals surface area contributed by atoms with Crippen LogP contribution in [0.25, 0.3) is 0 Å². The number of nitro groups is 1. The predicted octanol–water partition coefficient (Wildman–Crippen LogP) is 2.12. The summed E-state index contributed by atoms with van der Waals surface area (Å²) in [6, 6.07) is 3.98. The predicted molar refractivity (Wildman–Crippen MR) is 63.1 cm³/mol. The van der Waals surface area contributed by atoms with Crippen LogP contribution in [0.15, 0.2) is 30.4 Å². The average molecular weight is 236 g/mol. The molecule has 1 aromatic carbocycles. The van der Waals surface area contributed by atoms with Gasteiger partial charge in [0.1, 0.15) is 5.75 Å². The number of nitrogens with zero attached hydrogens (tertiary/aromatic N) is 1. The largest absolute Gasteiger partial charge is 0.494 e.